The molecule has 0 aromatic carbocycles. The van der Waals surface area contributed by atoms with Crippen LogP contribution in [0.4, 0.5) is 0 Å². The van der Waals surface area contributed by atoms with E-state index in [1.807, 2.05) is 20.8 Å². The molecule has 1 spiro atoms. The first-order valence-electron chi connectivity index (χ1n) is 12.8. The molecule has 2 aliphatic heterocycles. The lowest BCUT2D eigenvalue weighted by atomic mass is 9.47. The fourth-order valence-electron chi connectivity index (χ4n) is 8.94. The summed E-state index contributed by atoms with van der Waals surface area (Å²) in [7, 11) is 0. The molecule has 6 heteroatoms. The number of carbonyl (C=O) groups is 3. The fourth-order valence-corrected chi connectivity index (χ4v) is 8.94. The van der Waals surface area contributed by atoms with Gasteiger partial charge in [-0.05, 0) is 95.3 Å². The molecule has 34 heavy (non-hydrogen) atoms. The first-order chi connectivity index (χ1) is 16.0. The molecular formula is C28H34O6. The zero-order valence-electron chi connectivity index (χ0n) is 20.4. The van der Waals surface area contributed by atoms with Gasteiger partial charge in [-0.3, -0.25) is 9.59 Å². The molecule has 0 bridgehead atoms. The molecule has 2 saturated carbocycles. The zero-order chi connectivity index (χ0) is 24.2. The van der Waals surface area contributed by atoms with E-state index < -0.39 is 28.6 Å². The SMILES string of the molecule is CC1=C(C)C(=O)OC([C@]2(C)OC(=O)[C@]34CC[C@H]5[C@@H](CC=C6[C@@H](O)C=CC(=O)[C@@]65C)[C@@H]3CC[C@@H]42)C1. The molecule has 6 nitrogen and oxygen atoms in total. The number of aliphatic hydroxyl groups excluding tert-OH is 1. The van der Waals surface area contributed by atoms with Crippen molar-refractivity contribution in [1.82, 2.24) is 0 Å². The Balaban J connectivity index is 1.36. The number of ketones is 1. The molecule has 3 fully saturated rings. The van der Waals surface area contributed by atoms with Crippen LogP contribution in [0, 0.1) is 34.5 Å². The molecule has 2 heterocycles. The molecule has 1 N–H and O–H groups in total. The van der Waals surface area contributed by atoms with E-state index in [2.05, 4.69) is 6.08 Å². The normalized spacial score (nSPS) is 49.6. The van der Waals surface area contributed by atoms with Gasteiger partial charge in [0.2, 0.25) is 0 Å². The van der Waals surface area contributed by atoms with Gasteiger partial charge in [-0.1, -0.05) is 11.6 Å². The van der Waals surface area contributed by atoms with Crippen LogP contribution < -0.4 is 0 Å². The molecule has 6 rings (SSSR count). The molecular weight excluding hydrogens is 432 g/mol. The van der Waals surface area contributed by atoms with Gasteiger partial charge in [0.1, 0.15) is 6.10 Å². The lowest BCUT2D eigenvalue weighted by Gasteiger charge is -2.55. The van der Waals surface area contributed by atoms with Gasteiger partial charge >= 0.3 is 11.9 Å². The van der Waals surface area contributed by atoms with Crippen molar-refractivity contribution in [2.45, 2.75) is 84.0 Å². The van der Waals surface area contributed by atoms with Crippen LogP contribution >= 0.6 is 0 Å². The van der Waals surface area contributed by atoms with Crippen molar-refractivity contribution in [3.05, 3.63) is 34.9 Å². The number of fused-ring (bicyclic) bond motifs is 4. The average molecular weight is 467 g/mol. The van der Waals surface area contributed by atoms with Gasteiger partial charge in [0.25, 0.3) is 0 Å². The van der Waals surface area contributed by atoms with E-state index >= 15 is 0 Å². The lowest BCUT2D eigenvalue weighted by Crippen LogP contribution is -2.56. The molecule has 4 aliphatic carbocycles. The maximum absolute atomic E-state index is 13.7. The predicted octanol–water partition coefficient (Wildman–Crippen LogP) is 3.83. The van der Waals surface area contributed by atoms with Crippen molar-refractivity contribution in [1.29, 1.82) is 0 Å². The minimum atomic E-state index is -0.838. The second kappa shape index (κ2) is 6.93. The first-order valence-corrected chi connectivity index (χ1v) is 12.8. The van der Waals surface area contributed by atoms with E-state index in [1.54, 1.807) is 19.1 Å². The Morgan fingerprint density at radius 3 is 2.56 bits per heavy atom. The molecule has 1 saturated heterocycles. The third-order valence-electron chi connectivity index (χ3n) is 10.9. The minimum absolute atomic E-state index is 0.00631. The fraction of sp³-hybridized carbons (Fsp3) is 0.679. The number of rotatable bonds is 1. The molecule has 0 amide bonds. The molecule has 9 atom stereocenters. The van der Waals surface area contributed by atoms with Crippen LogP contribution in [0.5, 0.6) is 0 Å². The third-order valence-corrected chi connectivity index (χ3v) is 10.9. The van der Waals surface area contributed by atoms with E-state index in [1.165, 1.54) is 0 Å². The van der Waals surface area contributed by atoms with Crippen molar-refractivity contribution in [2.75, 3.05) is 0 Å². The number of hydrogen-bond acceptors (Lipinski definition) is 6. The second-order valence-electron chi connectivity index (χ2n) is 11.9. The number of hydrogen-bond donors (Lipinski definition) is 1. The predicted molar refractivity (Wildman–Crippen MR) is 123 cm³/mol. The summed E-state index contributed by atoms with van der Waals surface area (Å²) in [6.07, 6.45) is 8.60. The van der Waals surface area contributed by atoms with E-state index in [0.717, 1.165) is 36.8 Å². The number of ether oxygens (including phenoxy) is 2. The number of allylic oxidation sites excluding steroid dienone is 2. The standard InChI is InChI=1S/C28H34O6/c1-14-13-23(33-24(31)15(14)2)27(4)21-9-7-18-16-5-6-19-20(29)8-10-22(30)26(19,3)17(16)11-12-28(18,21)25(32)34-27/h6,8,10,16-18,20-21,23,29H,5,7,9,11-13H2,1-4H3/t16-,17+,18+,20+,21-,23?,26-,27-,28-/m1/s1. The summed E-state index contributed by atoms with van der Waals surface area (Å²) in [6, 6.07) is 0. The van der Waals surface area contributed by atoms with Gasteiger partial charge in [0, 0.05) is 17.9 Å². The topological polar surface area (TPSA) is 89.9 Å². The average Bonchev–Trinajstić information content (AvgIpc) is 3.30. The van der Waals surface area contributed by atoms with Crippen molar-refractivity contribution >= 4 is 17.7 Å². The third kappa shape index (κ3) is 2.48. The Labute approximate surface area is 200 Å². The van der Waals surface area contributed by atoms with Crippen molar-refractivity contribution in [2.24, 2.45) is 34.5 Å². The van der Waals surface area contributed by atoms with Gasteiger partial charge in [-0.2, -0.15) is 0 Å². The highest BCUT2D eigenvalue weighted by Crippen LogP contribution is 2.70. The smallest absolute Gasteiger partial charge is 0.334 e. The Kier molecular flexibility index (Phi) is 4.54. The maximum atomic E-state index is 13.7. The Bertz CT molecular complexity index is 1100. The highest BCUT2D eigenvalue weighted by atomic mass is 16.6. The Hall–Kier alpha value is -2.21. The molecule has 1 unspecified atom stereocenters. The van der Waals surface area contributed by atoms with Gasteiger partial charge in [0.05, 0.1) is 16.9 Å². The largest absolute Gasteiger partial charge is 0.455 e. The van der Waals surface area contributed by atoms with E-state index in [9.17, 15) is 19.5 Å². The highest BCUT2D eigenvalue weighted by molar-refractivity contribution is 5.99. The van der Waals surface area contributed by atoms with Gasteiger partial charge in [-0.15, -0.1) is 0 Å². The summed E-state index contributed by atoms with van der Waals surface area (Å²) < 4.78 is 12.1. The number of esters is 2. The van der Waals surface area contributed by atoms with Crippen molar-refractivity contribution in [3.8, 4) is 0 Å². The summed E-state index contributed by atoms with van der Waals surface area (Å²) >= 11 is 0. The molecule has 0 aromatic heterocycles. The molecule has 182 valence electrons. The summed E-state index contributed by atoms with van der Waals surface area (Å²) in [5.41, 5.74) is 0.349. The summed E-state index contributed by atoms with van der Waals surface area (Å²) in [5.74, 6) is 0.0369. The summed E-state index contributed by atoms with van der Waals surface area (Å²) in [5, 5.41) is 10.6. The van der Waals surface area contributed by atoms with Crippen LogP contribution in [0.15, 0.2) is 34.9 Å². The summed E-state index contributed by atoms with van der Waals surface area (Å²) in [4.78, 5) is 39.4. The second-order valence-corrected chi connectivity index (χ2v) is 11.9. The van der Waals surface area contributed by atoms with E-state index in [-0.39, 0.29) is 41.4 Å². The quantitative estimate of drug-likeness (QED) is 0.467. The van der Waals surface area contributed by atoms with Crippen LogP contribution in [0.2, 0.25) is 0 Å². The molecule has 0 aromatic rings. The van der Waals surface area contributed by atoms with Crippen LogP contribution in [0.25, 0.3) is 0 Å². The van der Waals surface area contributed by atoms with E-state index in [0.29, 0.717) is 18.4 Å². The van der Waals surface area contributed by atoms with E-state index in [4.69, 9.17) is 9.47 Å². The Morgan fingerprint density at radius 2 is 1.82 bits per heavy atom. The van der Waals surface area contributed by atoms with Crippen LogP contribution in [-0.4, -0.2) is 40.6 Å². The van der Waals surface area contributed by atoms with Crippen LogP contribution in [0.3, 0.4) is 0 Å². The zero-order valence-corrected chi connectivity index (χ0v) is 20.4. The molecule has 6 aliphatic rings. The first kappa shape index (κ1) is 22.3. The number of carbonyl (C=O) groups excluding carboxylic acids is 3. The van der Waals surface area contributed by atoms with Crippen molar-refractivity contribution < 1.29 is 29.0 Å². The maximum Gasteiger partial charge on any atom is 0.334 e. The lowest BCUT2D eigenvalue weighted by molar-refractivity contribution is -0.178. The van der Waals surface area contributed by atoms with Gasteiger partial charge in [-0.25, -0.2) is 4.79 Å². The minimum Gasteiger partial charge on any atom is -0.455 e. The number of aliphatic hydroxyl groups is 1. The number of cyclic esters (lactones) is 2. The highest BCUT2D eigenvalue weighted by Gasteiger charge is 2.74. The molecule has 0 radical (unpaired) electrons. The van der Waals surface area contributed by atoms with Crippen molar-refractivity contribution in [3.63, 3.8) is 0 Å². The van der Waals surface area contributed by atoms with Gasteiger partial charge in [0.15, 0.2) is 11.4 Å². The van der Waals surface area contributed by atoms with Crippen LogP contribution in [-0.2, 0) is 23.9 Å². The summed E-state index contributed by atoms with van der Waals surface area (Å²) in [6.45, 7) is 7.70. The van der Waals surface area contributed by atoms with Gasteiger partial charge < -0.3 is 14.6 Å². The van der Waals surface area contributed by atoms with Crippen LogP contribution in [0.1, 0.15) is 66.2 Å². The monoisotopic (exact) mass is 466 g/mol. The Morgan fingerprint density at radius 1 is 1.06 bits per heavy atom.